The number of benzene rings is 1. The molecule has 2 saturated carbocycles. The van der Waals surface area contributed by atoms with E-state index < -0.39 is 16.0 Å². The van der Waals surface area contributed by atoms with Gasteiger partial charge in [0.05, 0.1) is 4.90 Å². The third-order valence-corrected chi connectivity index (χ3v) is 7.24. The second-order valence-electron chi connectivity index (χ2n) is 7.45. The topological polar surface area (TPSA) is 83.5 Å². The molecular formula is C20H27NO4S. The molecule has 4 atom stereocenters. The van der Waals surface area contributed by atoms with Gasteiger partial charge in [-0.25, -0.2) is 13.1 Å². The number of hydrogen-bond acceptors (Lipinski definition) is 3. The smallest absolute Gasteiger partial charge is 0.303 e. The Morgan fingerprint density at radius 3 is 2.62 bits per heavy atom. The molecule has 2 bridgehead atoms. The summed E-state index contributed by atoms with van der Waals surface area (Å²) < 4.78 is 28.4. The number of aliphatic carboxylic acids is 1. The fraction of sp³-hybridized carbons (Fsp3) is 0.550. The Hall–Kier alpha value is -1.66. The first-order chi connectivity index (χ1) is 12.5. The largest absolute Gasteiger partial charge is 0.481 e. The molecule has 3 rings (SSSR count). The number of unbranched alkanes of at least 4 members (excludes halogenated alkanes) is 1. The minimum absolute atomic E-state index is 0.00243. The van der Waals surface area contributed by atoms with Gasteiger partial charge in [0.15, 0.2) is 0 Å². The van der Waals surface area contributed by atoms with E-state index in [4.69, 9.17) is 5.11 Å². The Kier molecular flexibility index (Phi) is 6.14. The maximum absolute atomic E-state index is 12.7. The van der Waals surface area contributed by atoms with Gasteiger partial charge in [0.2, 0.25) is 10.0 Å². The van der Waals surface area contributed by atoms with Crippen LogP contribution in [-0.2, 0) is 14.8 Å². The van der Waals surface area contributed by atoms with Crippen molar-refractivity contribution in [3.8, 4) is 0 Å². The number of allylic oxidation sites excluding steroid dienone is 2. The summed E-state index contributed by atoms with van der Waals surface area (Å²) >= 11 is 0. The Labute approximate surface area is 155 Å². The Morgan fingerprint density at radius 1 is 1.15 bits per heavy atom. The normalized spacial score (nSPS) is 28.0. The van der Waals surface area contributed by atoms with Crippen molar-refractivity contribution in [1.29, 1.82) is 0 Å². The summed E-state index contributed by atoms with van der Waals surface area (Å²) in [5.74, 6) is 0.598. The molecule has 142 valence electrons. The highest BCUT2D eigenvalue weighted by Crippen LogP contribution is 2.50. The molecule has 26 heavy (non-hydrogen) atoms. The third-order valence-electron chi connectivity index (χ3n) is 5.77. The van der Waals surface area contributed by atoms with E-state index in [1.54, 1.807) is 24.3 Å². The molecule has 2 fully saturated rings. The highest BCUT2D eigenvalue weighted by atomic mass is 32.2. The molecule has 0 radical (unpaired) electrons. The number of nitrogens with one attached hydrogen (secondary N) is 1. The fourth-order valence-corrected chi connectivity index (χ4v) is 5.90. The van der Waals surface area contributed by atoms with E-state index in [9.17, 15) is 13.2 Å². The highest BCUT2D eigenvalue weighted by Gasteiger charge is 2.48. The van der Waals surface area contributed by atoms with Gasteiger partial charge < -0.3 is 5.11 Å². The molecule has 0 amide bonds. The van der Waals surface area contributed by atoms with Crippen LogP contribution < -0.4 is 4.72 Å². The van der Waals surface area contributed by atoms with Gasteiger partial charge >= 0.3 is 5.97 Å². The van der Waals surface area contributed by atoms with Gasteiger partial charge in [0.1, 0.15) is 0 Å². The average Bonchev–Trinajstić information content (AvgIpc) is 3.20. The molecule has 5 nitrogen and oxygen atoms in total. The summed E-state index contributed by atoms with van der Waals surface area (Å²) in [7, 11) is -3.49. The van der Waals surface area contributed by atoms with Crippen molar-refractivity contribution < 1.29 is 18.3 Å². The lowest BCUT2D eigenvalue weighted by molar-refractivity contribution is -0.137. The van der Waals surface area contributed by atoms with Crippen LogP contribution in [0.15, 0.2) is 47.4 Å². The van der Waals surface area contributed by atoms with Gasteiger partial charge in [-0.05, 0) is 68.4 Å². The second-order valence-corrected chi connectivity index (χ2v) is 9.16. The van der Waals surface area contributed by atoms with Crippen molar-refractivity contribution in [2.45, 2.75) is 55.9 Å². The molecule has 1 unspecified atom stereocenters. The lowest BCUT2D eigenvalue weighted by Crippen LogP contribution is -2.43. The number of carbonyl (C=O) groups is 1. The Morgan fingerprint density at radius 2 is 1.88 bits per heavy atom. The zero-order valence-electron chi connectivity index (χ0n) is 14.9. The van der Waals surface area contributed by atoms with E-state index in [1.165, 1.54) is 6.42 Å². The molecular weight excluding hydrogens is 350 g/mol. The summed E-state index contributed by atoms with van der Waals surface area (Å²) in [6.45, 7) is 0. The van der Waals surface area contributed by atoms with E-state index in [0.717, 1.165) is 25.7 Å². The monoisotopic (exact) mass is 377 g/mol. The van der Waals surface area contributed by atoms with Crippen LogP contribution >= 0.6 is 0 Å². The molecule has 2 aliphatic carbocycles. The minimum atomic E-state index is -3.49. The molecule has 2 aliphatic rings. The third kappa shape index (κ3) is 4.54. The van der Waals surface area contributed by atoms with Crippen LogP contribution in [-0.4, -0.2) is 25.5 Å². The van der Waals surface area contributed by atoms with Crippen LogP contribution in [0.1, 0.15) is 44.9 Å². The predicted octanol–water partition coefficient (Wildman–Crippen LogP) is 3.58. The van der Waals surface area contributed by atoms with Gasteiger partial charge in [-0.3, -0.25) is 4.79 Å². The summed E-state index contributed by atoms with van der Waals surface area (Å²) in [6, 6.07) is 8.57. The summed E-state index contributed by atoms with van der Waals surface area (Å²) in [5.41, 5.74) is 0. The van der Waals surface area contributed by atoms with E-state index in [0.29, 0.717) is 29.1 Å². The summed E-state index contributed by atoms with van der Waals surface area (Å²) in [5, 5.41) is 8.66. The summed E-state index contributed by atoms with van der Waals surface area (Å²) in [4.78, 5) is 10.9. The average molecular weight is 378 g/mol. The molecule has 6 heteroatoms. The Balaban J connectivity index is 1.60. The van der Waals surface area contributed by atoms with Crippen molar-refractivity contribution in [3.63, 3.8) is 0 Å². The summed E-state index contributed by atoms with van der Waals surface area (Å²) in [6.07, 6.45) is 10.00. The standard InChI is InChI=1S/C20H27NO4S/c22-19(23)11-7-2-1-6-10-18-15-12-13-16(14-15)20(18)21-26(24,25)17-8-4-3-5-9-17/h1,3-6,8-9,15-16,18,20-21H,2,7,10-14H2,(H,22,23)/b6-1-/t15?,16-,18+,20+/m0/s1. The second kappa shape index (κ2) is 8.35. The maximum Gasteiger partial charge on any atom is 0.303 e. The van der Waals surface area contributed by atoms with Gasteiger partial charge in [0.25, 0.3) is 0 Å². The van der Waals surface area contributed by atoms with Crippen molar-refractivity contribution in [1.82, 2.24) is 4.72 Å². The van der Waals surface area contributed by atoms with Gasteiger partial charge in [-0.2, -0.15) is 0 Å². The number of fused-ring (bicyclic) bond motifs is 2. The van der Waals surface area contributed by atoms with E-state index in [-0.39, 0.29) is 12.5 Å². The zero-order chi connectivity index (χ0) is 18.6. The molecule has 0 aromatic heterocycles. The molecule has 1 aromatic rings. The van der Waals surface area contributed by atoms with Crippen molar-refractivity contribution >= 4 is 16.0 Å². The van der Waals surface area contributed by atoms with Gasteiger partial charge in [-0.1, -0.05) is 30.4 Å². The fourth-order valence-electron chi connectivity index (χ4n) is 4.52. The number of carboxylic acids is 1. The highest BCUT2D eigenvalue weighted by molar-refractivity contribution is 7.89. The predicted molar refractivity (Wildman–Crippen MR) is 100 cm³/mol. The molecule has 0 saturated heterocycles. The van der Waals surface area contributed by atoms with Crippen LogP contribution in [0.5, 0.6) is 0 Å². The maximum atomic E-state index is 12.7. The van der Waals surface area contributed by atoms with Crippen LogP contribution in [0.4, 0.5) is 0 Å². The van der Waals surface area contributed by atoms with Crippen LogP contribution in [0.2, 0.25) is 0 Å². The number of carboxylic acid groups (broad SMARTS) is 1. The lowest BCUT2D eigenvalue weighted by atomic mass is 9.83. The van der Waals surface area contributed by atoms with Crippen LogP contribution in [0, 0.1) is 17.8 Å². The van der Waals surface area contributed by atoms with E-state index >= 15 is 0 Å². The van der Waals surface area contributed by atoms with Crippen molar-refractivity contribution in [2.75, 3.05) is 0 Å². The first-order valence-electron chi connectivity index (χ1n) is 9.41. The van der Waals surface area contributed by atoms with Crippen molar-refractivity contribution in [2.24, 2.45) is 17.8 Å². The molecule has 1 aromatic carbocycles. The molecule has 0 spiro atoms. The SMILES string of the molecule is O=C(O)CCC/C=C\C[C@@H]1C2CC[C@@H](C2)[C@H]1NS(=O)(=O)c1ccccc1. The van der Waals surface area contributed by atoms with E-state index in [2.05, 4.69) is 10.8 Å². The lowest BCUT2D eigenvalue weighted by Gasteiger charge is -2.31. The van der Waals surface area contributed by atoms with Gasteiger partial charge in [0, 0.05) is 12.5 Å². The number of rotatable bonds is 9. The molecule has 2 N–H and O–H groups in total. The molecule has 0 heterocycles. The number of sulfonamides is 1. The quantitative estimate of drug-likeness (QED) is 0.509. The Bertz CT molecular complexity index is 744. The van der Waals surface area contributed by atoms with Crippen LogP contribution in [0.25, 0.3) is 0 Å². The zero-order valence-corrected chi connectivity index (χ0v) is 15.7. The molecule has 0 aliphatic heterocycles. The van der Waals surface area contributed by atoms with Crippen LogP contribution in [0.3, 0.4) is 0 Å². The van der Waals surface area contributed by atoms with E-state index in [1.807, 2.05) is 12.1 Å². The number of hydrogen-bond donors (Lipinski definition) is 2. The van der Waals surface area contributed by atoms with Gasteiger partial charge in [-0.15, -0.1) is 0 Å². The first-order valence-corrected chi connectivity index (χ1v) is 10.9. The van der Waals surface area contributed by atoms with Crippen molar-refractivity contribution in [3.05, 3.63) is 42.5 Å². The minimum Gasteiger partial charge on any atom is -0.481 e. The first kappa shape index (κ1) is 19.1.